The second kappa shape index (κ2) is 12.9. The molecule has 0 aliphatic carbocycles. The van der Waals surface area contributed by atoms with E-state index in [9.17, 15) is 29.6 Å². The van der Waals surface area contributed by atoms with Crippen LogP contribution in [0.4, 0.5) is 5.82 Å². The van der Waals surface area contributed by atoms with Gasteiger partial charge in [-0.3, -0.25) is 13.7 Å². The molecule has 6 N–H and O–H groups in total. The Morgan fingerprint density at radius 2 is 1.70 bits per heavy atom. The van der Waals surface area contributed by atoms with Crippen LogP contribution in [0, 0.1) is 0 Å². The zero-order chi connectivity index (χ0) is 31.6. The van der Waals surface area contributed by atoms with Gasteiger partial charge in [0.15, 0.2) is 17.4 Å². The van der Waals surface area contributed by atoms with Gasteiger partial charge in [0, 0.05) is 19.0 Å². The average Bonchev–Trinajstić information content (AvgIpc) is 3.56. The van der Waals surface area contributed by atoms with Crippen molar-refractivity contribution in [2.24, 2.45) is 0 Å². The molecule has 1 aliphatic heterocycles. The Morgan fingerprint density at radius 3 is 2.30 bits per heavy atom. The lowest BCUT2D eigenvalue weighted by atomic mass is 9.88. The highest BCUT2D eigenvalue weighted by Crippen LogP contribution is 2.61. The van der Waals surface area contributed by atoms with E-state index in [2.05, 4.69) is 15.3 Å². The summed E-state index contributed by atoms with van der Waals surface area (Å²) >= 11 is 0. The van der Waals surface area contributed by atoms with Crippen LogP contribution < -0.4 is 11.4 Å². The van der Waals surface area contributed by atoms with E-state index in [1.54, 1.807) is 33.9 Å². The minimum absolute atomic E-state index is 0.000955. The molecule has 1 aromatic carbocycles. The number of hydrogen-bond acceptors (Lipinski definition) is 11. The zero-order valence-electron chi connectivity index (χ0n) is 24.8. The van der Waals surface area contributed by atoms with Crippen LogP contribution in [0.25, 0.3) is 5.69 Å². The van der Waals surface area contributed by atoms with Gasteiger partial charge in [0.25, 0.3) is 0 Å². The molecule has 0 radical (unpaired) electrons. The molecule has 15 heteroatoms. The van der Waals surface area contributed by atoms with Gasteiger partial charge in [-0.15, -0.1) is 5.10 Å². The smallest absolute Gasteiger partial charge is 0.359 e. The van der Waals surface area contributed by atoms with Gasteiger partial charge in [0.2, 0.25) is 0 Å². The Balaban J connectivity index is 1.59. The summed E-state index contributed by atoms with van der Waals surface area (Å²) in [4.78, 5) is 27.6. The lowest BCUT2D eigenvalue weighted by Gasteiger charge is -2.40. The number of benzene rings is 1. The Bertz CT molecular complexity index is 1490. The molecule has 3 heterocycles. The van der Waals surface area contributed by atoms with Crippen molar-refractivity contribution in [1.29, 1.82) is 0 Å². The maximum Gasteiger partial charge on any atom is 0.359 e. The minimum Gasteiger partial charge on any atom is -0.388 e. The lowest BCUT2D eigenvalue weighted by molar-refractivity contribution is -0.0781. The summed E-state index contributed by atoms with van der Waals surface area (Å²) in [7, 11) is -4.55. The second-order valence-electron chi connectivity index (χ2n) is 11.0. The van der Waals surface area contributed by atoms with E-state index in [4.69, 9.17) is 15.0 Å². The first kappa shape index (κ1) is 32.9. The molecule has 0 amide bonds. The molecule has 0 bridgehead atoms. The Labute approximate surface area is 249 Å². The molecule has 1 saturated heterocycles. The van der Waals surface area contributed by atoms with E-state index in [1.165, 1.54) is 10.9 Å². The molecule has 5 atom stereocenters. The number of aliphatic hydroxyl groups is 3. The highest BCUT2D eigenvalue weighted by molar-refractivity contribution is 7.54. The summed E-state index contributed by atoms with van der Waals surface area (Å²) < 4.78 is 27.4. The van der Waals surface area contributed by atoms with E-state index in [0.29, 0.717) is 12.1 Å². The van der Waals surface area contributed by atoms with Crippen molar-refractivity contribution in [1.82, 2.24) is 24.5 Å². The van der Waals surface area contributed by atoms with Gasteiger partial charge in [-0.05, 0) is 31.2 Å². The SMILES string of the molecule is CCC(CC)(CC1OC(n2cc(-n3cc(Cc4ccccc4)nn3)c(N)nc2=O)C(O)C1O)OP(=O)(O)C(O)(CC)CC. The summed E-state index contributed by atoms with van der Waals surface area (Å²) in [5.74, 6) is -0.121. The van der Waals surface area contributed by atoms with Gasteiger partial charge in [0.1, 0.15) is 17.9 Å². The van der Waals surface area contributed by atoms with Crippen molar-refractivity contribution in [3.05, 3.63) is 64.5 Å². The van der Waals surface area contributed by atoms with Crippen molar-refractivity contribution in [3.8, 4) is 5.69 Å². The monoisotopic (exact) mass is 620 g/mol. The number of nitrogens with zero attached hydrogens (tertiary/aromatic N) is 5. The lowest BCUT2D eigenvalue weighted by Crippen LogP contribution is -2.42. The molecule has 43 heavy (non-hydrogen) atoms. The third-order valence-corrected chi connectivity index (χ3v) is 10.7. The van der Waals surface area contributed by atoms with Gasteiger partial charge < -0.3 is 30.7 Å². The topological polar surface area (TPSA) is 208 Å². The molecule has 0 spiro atoms. The molecule has 5 unspecified atom stereocenters. The number of anilines is 1. The van der Waals surface area contributed by atoms with E-state index >= 15 is 0 Å². The molecular formula is C28H41N6O8P. The Morgan fingerprint density at radius 1 is 1.05 bits per heavy atom. The van der Waals surface area contributed by atoms with E-state index < -0.39 is 48.8 Å². The van der Waals surface area contributed by atoms with E-state index in [1.807, 2.05) is 30.3 Å². The maximum atomic E-state index is 13.2. The molecule has 1 aliphatic rings. The number of rotatable bonds is 13. The predicted molar refractivity (Wildman–Crippen MR) is 157 cm³/mol. The highest BCUT2D eigenvalue weighted by atomic mass is 31.2. The standard InChI is InChI=1S/C28H41N6O8P/c1-5-27(6-2,42-43(39,40)28(38,7-3)8-4)15-21-22(35)23(36)25(41-21)33-17-20(24(29)30-26(33)37)34-16-19(31-32-34)14-18-12-10-9-11-13-18/h9-13,16-17,21-23,25,35-36,38H,5-8,14-15H2,1-4H3,(H,39,40)(H2,29,30,37). The van der Waals surface area contributed by atoms with Gasteiger partial charge in [0.05, 0.1) is 23.6 Å². The van der Waals surface area contributed by atoms with Crippen molar-refractivity contribution in [3.63, 3.8) is 0 Å². The number of aromatic nitrogens is 5. The van der Waals surface area contributed by atoms with Gasteiger partial charge in [-0.25, -0.2) is 9.48 Å². The Kier molecular flexibility index (Phi) is 9.92. The van der Waals surface area contributed by atoms with Crippen LogP contribution >= 0.6 is 7.60 Å². The largest absolute Gasteiger partial charge is 0.388 e. The first-order valence-electron chi connectivity index (χ1n) is 14.4. The number of ether oxygens (including phenoxy) is 1. The molecule has 2 aromatic heterocycles. The summed E-state index contributed by atoms with van der Waals surface area (Å²) in [6, 6.07) is 9.67. The van der Waals surface area contributed by atoms with Crippen molar-refractivity contribution >= 4 is 13.4 Å². The molecule has 0 saturated carbocycles. The van der Waals surface area contributed by atoms with Crippen LogP contribution in [0.5, 0.6) is 0 Å². The van der Waals surface area contributed by atoms with E-state index in [0.717, 1.165) is 10.1 Å². The predicted octanol–water partition coefficient (Wildman–Crippen LogP) is 2.28. The third kappa shape index (κ3) is 6.60. The first-order valence-corrected chi connectivity index (χ1v) is 16.0. The van der Waals surface area contributed by atoms with Crippen molar-refractivity contribution < 1.29 is 34.0 Å². The van der Waals surface area contributed by atoms with Crippen LogP contribution in [-0.2, 0) is 20.2 Å². The second-order valence-corrected chi connectivity index (χ2v) is 13.0. The molecule has 4 rings (SSSR count). The van der Waals surface area contributed by atoms with Crippen LogP contribution in [-0.4, -0.2) is 74.0 Å². The van der Waals surface area contributed by atoms with Crippen LogP contribution in [0.15, 0.2) is 47.5 Å². The minimum atomic E-state index is -4.55. The first-order chi connectivity index (χ1) is 20.3. The number of nitrogen functional groups attached to an aromatic ring is 1. The van der Waals surface area contributed by atoms with Gasteiger partial charge >= 0.3 is 13.3 Å². The zero-order valence-corrected chi connectivity index (χ0v) is 25.7. The molecular weight excluding hydrogens is 579 g/mol. The molecule has 3 aromatic rings. The molecule has 1 fully saturated rings. The summed E-state index contributed by atoms with van der Waals surface area (Å²) in [5.41, 5.74) is 5.82. The fourth-order valence-electron chi connectivity index (χ4n) is 5.33. The normalized spacial score (nSPS) is 22.5. The maximum absolute atomic E-state index is 13.2. The van der Waals surface area contributed by atoms with Crippen LogP contribution in [0.1, 0.15) is 77.3 Å². The van der Waals surface area contributed by atoms with E-state index in [-0.39, 0.29) is 43.6 Å². The average molecular weight is 621 g/mol. The van der Waals surface area contributed by atoms with Crippen molar-refractivity contribution in [2.45, 2.75) is 102 Å². The van der Waals surface area contributed by atoms with Crippen molar-refractivity contribution in [2.75, 3.05) is 5.73 Å². The highest BCUT2D eigenvalue weighted by Gasteiger charge is 2.52. The molecule has 14 nitrogen and oxygen atoms in total. The van der Waals surface area contributed by atoms with Crippen LogP contribution in [0.2, 0.25) is 0 Å². The quantitative estimate of drug-likeness (QED) is 0.174. The van der Waals surface area contributed by atoms with Gasteiger partial charge in [-0.1, -0.05) is 63.2 Å². The number of hydrogen-bond donors (Lipinski definition) is 5. The summed E-state index contributed by atoms with van der Waals surface area (Å²) in [5, 5.41) is 39.1. The number of aliphatic hydroxyl groups excluding tert-OH is 2. The fourth-order valence-corrected chi connectivity index (χ4v) is 7.16. The third-order valence-electron chi connectivity index (χ3n) is 8.43. The fraction of sp³-hybridized carbons (Fsp3) is 0.571. The summed E-state index contributed by atoms with van der Waals surface area (Å²) in [6.45, 7) is 6.69. The van der Waals surface area contributed by atoms with Crippen LogP contribution in [0.3, 0.4) is 0 Å². The van der Waals surface area contributed by atoms with Gasteiger partial charge in [-0.2, -0.15) is 4.98 Å². The summed E-state index contributed by atoms with van der Waals surface area (Å²) in [6.07, 6.45) is -1.60. The Hall–Kier alpha value is -2.97. The number of nitrogens with two attached hydrogens (primary N) is 1. The molecule has 236 valence electrons.